The number of aromatic nitrogens is 2. The van der Waals surface area contributed by atoms with Gasteiger partial charge in [-0.2, -0.15) is 0 Å². The predicted octanol–water partition coefficient (Wildman–Crippen LogP) is 6.24. The lowest BCUT2D eigenvalue weighted by Gasteiger charge is -2.32. The second-order valence-electron chi connectivity index (χ2n) is 10.7. The van der Waals surface area contributed by atoms with E-state index in [0.29, 0.717) is 23.9 Å². The zero-order chi connectivity index (χ0) is 26.4. The van der Waals surface area contributed by atoms with Crippen LogP contribution < -0.4 is 4.90 Å². The Balaban J connectivity index is 1.54. The topological polar surface area (TPSA) is 73.7 Å². The normalized spacial score (nSPS) is 22.0. The molecule has 2 aliphatic rings. The molecule has 200 valence electrons. The lowest BCUT2D eigenvalue weighted by atomic mass is 9.82. The van der Waals surface area contributed by atoms with Crippen LogP contribution in [0.2, 0.25) is 0 Å². The van der Waals surface area contributed by atoms with Gasteiger partial charge in [-0.3, -0.25) is 9.69 Å². The summed E-state index contributed by atoms with van der Waals surface area (Å²) in [4.78, 5) is 28.4. The van der Waals surface area contributed by atoms with Crippen molar-refractivity contribution in [1.82, 2.24) is 9.78 Å². The number of benzene rings is 1. The van der Waals surface area contributed by atoms with Crippen LogP contribution in [-0.4, -0.2) is 40.4 Å². The van der Waals surface area contributed by atoms with E-state index in [4.69, 9.17) is 14.6 Å². The van der Waals surface area contributed by atoms with Gasteiger partial charge in [-0.1, -0.05) is 43.3 Å². The smallest absolute Gasteiger partial charge is 0.343 e. The Hall–Kier alpha value is -2.93. The van der Waals surface area contributed by atoms with E-state index in [2.05, 4.69) is 25.1 Å². The maximum Gasteiger partial charge on any atom is 0.343 e. The summed E-state index contributed by atoms with van der Waals surface area (Å²) in [5.74, 6) is 0.643. The van der Waals surface area contributed by atoms with Crippen molar-refractivity contribution in [3.05, 3.63) is 53.7 Å². The number of carbonyl (C=O) groups is 2. The Morgan fingerprint density at radius 3 is 2.46 bits per heavy atom. The fourth-order valence-corrected chi connectivity index (χ4v) is 5.29. The van der Waals surface area contributed by atoms with Gasteiger partial charge >= 0.3 is 5.97 Å². The summed E-state index contributed by atoms with van der Waals surface area (Å²) >= 11 is 0. The molecule has 1 aromatic carbocycles. The van der Waals surface area contributed by atoms with Crippen LogP contribution >= 0.6 is 0 Å². The summed E-state index contributed by atoms with van der Waals surface area (Å²) in [5, 5.41) is 4.82. The van der Waals surface area contributed by atoms with E-state index < -0.39 is 5.97 Å². The van der Waals surface area contributed by atoms with Gasteiger partial charge in [0.1, 0.15) is 5.56 Å². The largest absolute Gasteiger partial charge is 0.462 e. The average molecular weight is 508 g/mol. The minimum absolute atomic E-state index is 0.0322. The number of esters is 1. The van der Waals surface area contributed by atoms with E-state index in [0.717, 1.165) is 50.6 Å². The number of nitrogens with zero attached hydrogens (tertiary/aromatic N) is 3. The lowest BCUT2D eigenvalue weighted by molar-refractivity contribution is -0.124. The molecule has 2 aliphatic carbocycles. The number of carbonyl (C=O) groups excluding carboxylic acids is 2. The number of rotatable bonds is 9. The molecular formula is C30H41N3O4. The van der Waals surface area contributed by atoms with Gasteiger partial charge in [-0.15, -0.1) is 5.10 Å². The first kappa shape index (κ1) is 27.1. The van der Waals surface area contributed by atoms with Crippen LogP contribution in [0.25, 0.3) is 5.70 Å². The van der Waals surface area contributed by atoms with E-state index in [1.54, 1.807) is 22.7 Å². The first-order chi connectivity index (χ1) is 17.9. The molecule has 4 rings (SSSR count). The van der Waals surface area contributed by atoms with Gasteiger partial charge < -0.3 is 9.47 Å². The molecule has 1 saturated carbocycles. The van der Waals surface area contributed by atoms with Gasteiger partial charge in [-0.25, -0.2) is 9.48 Å². The molecule has 1 amide bonds. The Labute approximate surface area is 220 Å². The molecule has 1 heterocycles. The van der Waals surface area contributed by atoms with Crippen LogP contribution in [0, 0.1) is 11.8 Å². The third-order valence-electron chi connectivity index (χ3n) is 7.50. The molecular weight excluding hydrogens is 466 g/mol. The third-order valence-corrected chi connectivity index (χ3v) is 7.50. The summed E-state index contributed by atoms with van der Waals surface area (Å²) in [6.45, 7) is 8.85. The SMILES string of the molecule is CCOC(=O)c1cn(C2=CCC(OCc3ccccc3)CC2)nc1N(C(=O)[C@H]1CC[C@H](C)CC1)C(C)C. The van der Waals surface area contributed by atoms with Crippen molar-refractivity contribution in [2.45, 2.75) is 91.4 Å². The van der Waals surface area contributed by atoms with Crippen molar-refractivity contribution in [2.24, 2.45) is 11.8 Å². The summed E-state index contributed by atoms with van der Waals surface area (Å²) in [7, 11) is 0. The minimum atomic E-state index is -0.444. The molecule has 37 heavy (non-hydrogen) atoms. The minimum Gasteiger partial charge on any atom is -0.462 e. The van der Waals surface area contributed by atoms with Crippen molar-refractivity contribution in [3.63, 3.8) is 0 Å². The summed E-state index contributed by atoms with van der Waals surface area (Å²) < 4.78 is 13.3. The molecule has 1 fully saturated rings. The Morgan fingerprint density at radius 2 is 1.84 bits per heavy atom. The molecule has 0 spiro atoms. The van der Waals surface area contributed by atoms with Crippen molar-refractivity contribution in [2.75, 3.05) is 11.5 Å². The second-order valence-corrected chi connectivity index (χ2v) is 10.7. The highest BCUT2D eigenvalue weighted by Gasteiger charge is 2.34. The molecule has 0 aliphatic heterocycles. The molecule has 1 unspecified atom stereocenters. The van der Waals surface area contributed by atoms with Crippen LogP contribution in [0.5, 0.6) is 0 Å². The zero-order valence-corrected chi connectivity index (χ0v) is 22.7. The quantitative estimate of drug-likeness (QED) is 0.376. The number of amides is 1. The number of hydrogen-bond acceptors (Lipinski definition) is 5. The summed E-state index contributed by atoms with van der Waals surface area (Å²) in [6, 6.07) is 10.1. The van der Waals surface area contributed by atoms with E-state index in [1.165, 1.54) is 5.56 Å². The molecule has 0 bridgehead atoms. The van der Waals surface area contributed by atoms with Crippen LogP contribution in [0.4, 0.5) is 5.82 Å². The maximum absolute atomic E-state index is 13.7. The van der Waals surface area contributed by atoms with Crippen LogP contribution in [0.1, 0.15) is 88.6 Å². The number of ether oxygens (including phenoxy) is 2. The van der Waals surface area contributed by atoms with E-state index in [-0.39, 0.29) is 30.6 Å². The van der Waals surface area contributed by atoms with Gasteiger partial charge in [0.25, 0.3) is 0 Å². The van der Waals surface area contributed by atoms with Gasteiger partial charge in [-0.05, 0) is 77.2 Å². The standard InChI is InChI=1S/C30H41N3O4/c1-5-36-30(35)27-19-32(25-15-17-26(18-16-25)37-20-23-9-7-6-8-10-23)31-28(27)33(21(2)3)29(34)24-13-11-22(4)12-14-24/h6-10,15,19,21-22,24,26H,5,11-14,16-18,20H2,1-4H3/t22-,24-,26?. The maximum atomic E-state index is 13.7. The molecule has 0 N–H and O–H groups in total. The number of hydrogen-bond donors (Lipinski definition) is 0. The molecule has 7 heteroatoms. The highest BCUT2D eigenvalue weighted by Crippen LogP contribution is 2.34. The highest BCUT2D eigenvalue weighted by molar-refractivity contribution is 6.02. The number of allylic oxidation sites excluding steroid dienone is 1. The average Bonchev–Trinajstić information content (AvgIpc) is 3.33. The van der Waals surface area contributed by atoms with Crippen LogP contribution in [-0.2, 0) is 20.9 Å². The highest BCUT2D eigenvalue weighted by atomic mass is 16.5. The zero-order valence-electron chi connectivity index (χ0n) is 22.7. The fraction of sp³-hybridized carbons (Fsp3) is 0.567. The van der Waals surface area contributed by atoms with Gasteiger partial charge in [0.05, 0.1) is 19.3 Å². The van der Waals surface area contributed by atoms with Crippen molar-refractivity contribution < 1.29 is 19.1 Å². The van der Waals surface area contributed by atoms with Crippen molar-refractivity contribution in [1.29, 1.82) is 0 Å². The van der Waals surface area contributed by atoms with E-state index in [1.807, 2.05) is 32.0 Å². The Bertz CT molecular complexity index is 1080. The van der Waals surface area contributed by atoms with Crippen LogP contribution in [0.15, 0.2) is 42.6 Å². The predicted molar refractivity (Wildman–Crippen MR) is 145 cm³/mol. The van der Waals surface area contributed by atoms with E-state index >= 15 is 0 Å². The first-order valence-corrected chi connectivity index (χ1v) is 13.8. The number of anilines is 1. The molecule has 1 aromatic heterocycles. The first-order valence-electron chi connectivity index (χ1n) is 13.8. The molecule has 0 radical (unpaired) electrons. The summed E-state index contributed by atoms with van der Waals surface area (Å²) in [5.41, 5.74) is 2.52. The summed E-state index contributed by atoms with van der Waals surface area (Å²) in [6.07, 6.45) is 10.3. The monoisotopic (exact) mass is 507 g/mol. The Kier molecular flexibility index (Phi) is 9.19. The Morgan fingerprint density at radius 1 is 1.11 bits per heavy atom. The molecule has 1 atom stereocenters. The second kappa shape index (κ2) is 12.5. The fourth-order valence-electron chi connectivity index (χ4n) is 5.29. The molecule has 0 saturated heterocycles. The molecule has 2 aromatic rings. The van der Waals surface area contributed by atoms with Crippen molar-refractivity contribution in [3.8, 4) is 0 Å². The van der Waals surface area contributed by atoms with Gasteiger partial charge in [0, 0.05) is 23.9 Å². The van der Waals surface area contributed by atoms with Gasteiger partial charge in [0.15, 0.2) is 5.82 Å². The lowest BCUT2D eigenvalue weighted by Crippen LogP contribution is -2.43. The van der Waals surface area contributed by atoms with Gasteiger partial charge in [0.2, 0.25) is 5.91 Å². The third kappa shape index (κ3) is 6.69. The van der Waals surface area contributed by atoms with Crippen molar-refractivity contribution >= 4 is 23.4 Å². The van der Waals surface area contributed by atoms with Crippen LogP contribution in [0.3, 0.4) is 0 Å². The molecule has 7 nitrogen and oxygen atoms in total. The van der Waals surface area contributed by atoms with E-state index in [9.17, 15) is 9.59 Å².